The van der Waals surface area contributed by atoms with Gasteiger partial charge >= 0.3 is 0 Å². The molecule has 0 amide bonds. The zero-order valence-electron chi connectivity index (χ0n) is 47.2. The Labute approximate surface area is 475 Å². The van der Waals surface area contributed by atoms with Gasteiger partial charge in [-0.15, -0.1) is 0 Å². The molecule has 416 valence electrons. The lowest BCUT2D eigenvalue weighted by Crippen LogP contribution is -2.07. The van der Waals surface area contributed by atoms with Crippen molar-refractivity contribution < 1.29 is 17.7 Å². The number of furan rings is 4. The van der Waals surface area contributed by atoms with Crippen LogP contribution < -0.4 is 21.3 Å². The third-order valence-corrected chi connectivity index (χ3v) is 14.5. The maximum atomic E-state index is 6.01. The van der Waals surface area contributed by atoms with Crippen LogP contribution in [-0.2, 0) is 25.7 Å². The van der Waals surface area contributed by atoms with Gasteiger partial charge in [0.2, 0.25) is 0 Å². The number of anilines is 4. The molecule has 0 aliphatic heterocycles. The summed E-state index contributed by atoms with van der Waals surface area (Å²) in [7, 11) is 0. The summed E-state index contributed by atoms with van der Waals surface area (Å²) < 4.78 is 23.7. The van der Waals surface area contributed by atoms with Crippen LogP contribution in [-0.4, -0.2) is 65.0 Å². The van der Waals surface area contributed by atoms with E-state index in [2.05, 4.69) is 119 Å². The number of unbranched alkanes of at least 4 members (excludes halogenated alkanes) is 1. The van der Waals surface area contributed by atoms with E-state index in [-0.39, 0.29) is 0 Å². The highest BCUT2D eigenvalue weighted by atomic mass is 16.3. The molecule has 2 fully saturated rings. The van der Waals surface area contributed by atoms with Gasteiger partial charge in [0.25, 0.3) is 0 Å². The first-order chi connectivity index (χ1) is 40.3. The fourth-order valence-corrected chi connectivity index (χ4v) is 9.89. The summed E-state index contributed by atoms with van der Waals surface area (Å²) in [6, 6.07) is 43.7. The van der Waals surface area contributed by atoms with Gasteiger partial charge in [-0.25, -0.2) is 39.9 Å². The molecular formula is C66H68N12O4. The van der Waals surface area contributed by atoms with Gasteiger partial charge < -0.3 is 38.9 Å². The molecule has 0 unspecified atom stereocenters. The number of nitrogens with one attached hydrogen (secondary N) is 4. The predicted molar refractivity (Wildman–Crippen MR) is 330 cm³/mol. The normalized spacial score (nSPS) is 13.1. The Bertz CT molecular complexity index is 4330. The van der Waals surface area contributed by atoms with E-state index in [4.69, 9.17) is 17.7 Å². The average Bonchev–Trinajstić information content (AvgIpc) is 4.47. The second kappa shape index (κ2) is 24.3. The highest BCUT2D eigenvalue weighted by Gasteiger charge is 2.26. The van der Waals surface area contributed by atoms with E-state index >= 15 is 0 Å². The third-order valence-electron chi connectivity index (χ3n) is 14.5. The van der Waals surface area contributed by atoms with E-state index in [0.29, 0.717) is 12.1 Å². The Morgan fingerprint density at radius 3 is 1.15 bits per heavy atom. The van der Waals surface area contributed by atoms with Gasteiger partial charge in [0, 0.05) is 66.0 Å². The maximum absolute atomic E-state index is 6.01. The lowest BCUT2D eigenvalue weighted by atomic mass is 10.1. The standard InChI is InChI=1S/C21H21N3O.C16H19N3O.C15H15N3O.C14H13N3O/c1-2-18-23-19-16-12-6-7-13-17(16)25-20(19)21(24-18)22-14-8-11-15-9-4-3-5-10-15;1-3-5-10-17-16-15-14(18-13(4-2)19-16)11-8-6-7-9-12(11)20-15;1-2-12-17-13-10-5-3-4-6-11(10)19-14(13)15(18-12)16-9-7-8-9;1-8-15-12-10-4-2-3-5-11(10)18-13(12)14(16-8)17-9-6-7-9/h3-7,9-10,12-13H,2,8,11,14H2,1H3,(H,22,23,24);6-9H,3-5,10H2,1-2H3,(H,17,18,19);3-6,9H,2,7-8H2,1H3,(H,16,17,18);2-5,9H,6-7H2,1H3,(H,15,16,17). The number of aryl methyl sites for hydroxylation is 5. The molecule has 8 heterocycles. The Kier molecular flexibility index (Phi) is 15.8. The van der Waals surface area contributed by atoms with Gasteiger partial charge in [-0.3, -0.25) is 0 Å². The lowest BCUT2D eigenvalue weighted by molar-refractivity contribution is 0.664. The molecule has 5 aromatic carbocycles. The molecule has 2 aliphatic carbocycles. The maximum Gasteiger partial charge on any atom is 0.196 e. The van der Waals surface area contributed by atoms with Gasteiger partial charge in [0.05, 0.1) is 0 Å². The van der Waals surface area contributed by atoms with Gasteiger partial charge in [-0.1, -0.05) is 113 Å². The van der Waals surface area contributed by atoms with Crippen molar-refractivity contribution in [2.24, 2.45) is 0 Å². The Morgan fingerprint density at radius 2 is 0.744 bits per heavy atom. The second-order valence-electron chi connectivity index (χ2n) is 20.9. The number of para-hydroxylation sites is 4. The molecule has 2 saturated carbocycles. The molecule has 4 N–H and O–H groups in total. The van der Waals surface area contributed by atoms with Gasteiger partial charge in [-0.05, 0) is 106 Å². The summed E-state index contributed by atoms with van der Waals surface area (Å²) in [6.45, 7) is 12.1. The summed E-state index contributed by atoms with van der Waals surface area (Å²) in [4.78, 5) is 36.7. The molecule has 8 aromatic heterocycles. The quantitative estimate of drug-likeness (QED) is 0.0664. The van der Waals surface area contributed by atoms with E-state index in [1.807, 2.05) is 104 Å². The summed E-state index contributed by atoms with van der Waals surface area (Å²) >= 11 is 0. The molecule has 13 aromatic rings. The summed E-state index contributed by atoms with van der Waals surface area (Å²) in [5.74, 6) is 6.62. The topological polar surface area (TPSA) is 204 Å². The fraction of sp³-hybridized carbons (Fsp3) is 0.303. The van der Waals surface area contributed by atoms with Crippen molar-refractivity contribution in [1.82, 2.24) is 39.9 Å². The highest BCUT2D eigenvalue weighted by Crippen LogP contribution is 2.37. The minimum absolute atomic E-state index is 0.552. The molecule has 0 radical (unpaired) electrons. The van der Waals surface area contributed by atoms with Crippen LogP contribution >= 0.6 is 0 Å². The molecule has 15 rings (SSSR count). The molecule has 0 spiro atoms. The predicted octanol–water partition coefficient (Wildman–Crippen LogP) is 15.9. The molecule has 82 heavy (non-hydrogen) atoms. The molecule has 16 heteroatoms. The Morgan fingerprint density at radius 1 is 0.390 bits per heavy atom. The summed E-state index contributed by atoms with van der Waals surface area (Å²) in [5.41, 5.74) is 11.5. The Balaban J connectivity index is 0.000000109. The van der Waals surface area contributed by atoms with Crippen molar-refractivity contribution in [3.8, 4) is 0 Å². The number of hydrogen-bond acceptors (Lipinski definition) is 16. The zero-order valence-corrected chi connectivity index (χ0v) is 47.2. The minimum atomic E-state index is 0.552. The van der Waals surface area contributed by atoms with Crippen molar-refractivity contribution in [2.45, 2.75) is 117 Å². The first-order valence-corrected chi connectivity index (χ1v) is 29.1. The van der Waals surface area contributed by atoms with Crippen LogP contribution in [0.5, 0.6) is 0 Å². The number of nitrogens with zero attached hydrogens (tertiary/aromatic N) is 8. The summed E-state index contributed by atoms with van der Waals surface area (Å²) in [6.07, 6.45) is 11.7. The van der Waals surface area contributed by atoms with Crippen LogP contribution in [0.25, 0.3) is 88.3 Å². The van der Waals surface area contributed by atoms with E-state index in [1.165, 1.54) is 31.2 Å². The molecule has 0 bridgehead atoms. The first-order valence-electron chi connectivity index (χ1n) is 29.1. The lowest BCUT2D eigenvalue weighted by Gasteiger charge is -2.07. The zero-order chi connectivity index (χ0) is 55.9. The Hall–Kier alpha value is -9.18. The second-order valence-corrected chi connectivity index (χ2v) is 20.9. The molecular weight excluding hydrogens is 1020 g/mol. The number of rotatable bonds is 16. The van der Waals surface area contributed by atoms with E-state index in [0.717, 1.165) is 193 Å². The van der Waals surface area contributed by atoms with Gasteiger partial charge in [0.15, 0.2) is 45.6 Å². The van der Waals surface area contributed by atoms with Gasteiger partial charge in [0.1, 0.15) is 67.7 Å². The van der Waals surface area contributed by atoms with E-state index in [9.17, 15) is 0 Å². The van der Waals surface area contributed by atoms with Crippen LogP contribution in [0.1, 0.15) is 102 Å². The largest absolute Gasteiger partial charge is 0.450 e. The number of fused-ring (bicyclic) bond motifs is 12. The molecule has 0 saturated heterocycles. The number of aromatic nitrogens is 8. The van der Waals surface area contributed by atoms with Crippen molar-refractivity contribution in [3.05, 3.63) is 156 Å². The smallest absolute Gasteiger partial charge is 0.196 e. The molecule has 2 aliphatic rings. The molecule has 16 nitrogen and oxygen atoms in total. The van der Waals surface area contributed by atoms with E-state index in [1.54, 1.807) is 0 Å². The number of hydrogen-bond donors (Lipinski definition) is 4. The fourth-order valence-electron chi connectivity index (χ4n) is 9.89. The summed E-state index contributed by atoms with van der Waals surface area (Å²) in [5, 5.41) is 17.9. The van der Waals surface area contributed by atoms with Crippen LogP contribution in [0.2, 0.25) is 0 Å². The average molecular weight is 1090 g/mol. The van der Waals surface area contributed by atoms with Crippen LogP contribution in [0.3, 0.4) is 0 Å². The van der Waals surface area contributed by atoms with Crippen LogP contribution in [0, 0.1) is 6.92 Å². The molecule has 0 atom stereocenters. The van der Waals surface area contributed by atoms with Crippen molar-refractivity contribution >= 4 is 112 Å². The van der Waals surface area contributed by atoms with Crippen LogP contribution in [0.15, 0.2) is 145 Å². The SMILES string of the molecule is CCCCNc1nc(CC)nc2c1oc1ccccc12.CCc1nc(NC2CC2)c2oc3ccccc3c2n1.CCc1nc(NCCCc2ccccc2)c2oc3ccccc3c2n1.Cc1nc(NC2CC2)c2oc3ccccc3c2n1. The number of benzene rings is 5. The van der Waals surface area contributed by atoms with E-state index < -0.39 is 0 Å². The van der Waals surface area contributed by atoms with Gasteiger partial charge in [-0.2, -0.15) is 0 Å². The van der Waals surface area contributed by atoms with Crippen molar-refractivity contribution in [3.63, 3.8) is 0 Å². The van der Waals surface area contributed by atoms with Crippen molar-refractivity contribution in [2.75, 3.05) is 34.4 Å². The third kappa shape index (κ3) is 11.8. The van der Waals surface area contributed by atoms with Crippen LogP contribution in [0.4, 0.5) is 23.3 Å². The monoisotopic (exact) mass is 1090 g/mol. The van der Waals surface area contributed by atoms with Crippen molar-refractivity contribution in [1.29, 1.82) is 0 Å². The minimum Gasteiger partial charge on any atom is -0.450 e. The highest BCUT2D eigenvalue weighted by molar-refractivity contribution is 6.08. The first kappa shape index (κ1) is 53.5.